The van der Waals surface area contributed by atoms with Crippen molar-refractivity contribution < 1.29 is 4.79 Å². The number of nitriles is 1. The zero-order valence-corrected chi connectivity index (χ0v) is 9.82. The second-order valence-corrected chi connectivity index (χ2v) is 5.12. The standard InChI is InChI=1S/C13H20N2O/c14-8-9-15(12-6-1-2-7-12)13(16)10-11-4-3-5-11/h11-12H,1-7,9-10H2. The molecule has 0 bridgehead atoms. The highest BCUT2D eigenvalue weighted by Gasteiger charge is 2.29. The van der Waals surface area contributed by atoms with Gasteiger partial charge in [0.15, 0.2) is 0 Å². The van der Waals surface area contributed by atoms with Crippen LogP contribution in [0.3, 0.4) is 0 Å². The second kappa shape index (κ2) is 5.34. The van der Waals surface area contributed by atoms with Crippen LogP contribution in [-0.2, 0) is 4.79 Å². The molecule has 2 fully saturated rings. The Balaban J connectivity index is 1.89. The highest BCUT2D eigenvalue weighted by molar-refractivity contribution is 5.77. The maximum Gasteiger partial charge on any atom is 0.223 e. The van der Waals surface area contributed by atoms with Crippen LogP contribution in [0, 0.1) is 17.2 Å². The number of amides is 1. The van der Waals surface area contributed by atoms with Gasteiger partial charge in [0.2, 0.25) is 5.91 Å². The van der Waals surface area contributed by atoms with Gasteiger partial charge in [-0.25, -0.2) is 0 Å². The molecule has 0 spiro atoms. The first kappa shape index (κ1) is 11.4. The topological polar surface area (TPSA) is 44.1 Å². The summed E-state index contributed by atoms with van der Waals surface area (Å²) in [6.45, 7) is 0.288. The summed E-state index contributed by atoms with van der Waals surface area (Å²) in [5.41, 5.74) is 0. The normalized spacial score (nSPS) is 21.4. The fourth-order valence-electron chi connectivity index (χ4n) is 2.77. The highest BCUT2D eigenvalue weighted by Crippen LogP contribution is 2.31. The molecular weight excluding hydrogens is 200 g/mol. The summed E-state index contributed by atoms with van der Waals surface area (Å²) in [5.74, 6) is 0.827. The minimum Gasteiger partial charge on any atom is -0.326 e. The van der Waals surface area contributed by atoms with Gasteiger partial charge < -0.3 is 4.90 Å². The minimum atomic E-state index is 0.221. The van der Waals surface area contributed by atoms with Gasteiger partial charge in [-0.2, -0.15) is 5.26 Å². The molecule has 0 aromatic rings. The zero-order chi connectivity index (χ0) is 11.4. The Bertz CT molecular complexity index is 285. The maximum atomic E-state index is 12.1. The molecule has 2 aliphatic rings. The van der Waals surface area contributed by atoms with Crippen molar-refractivity contribution in [2.24, 2.45) is 5.92 Å². The summed E-state index contributed by atoms with van der Waals surface area (Å²) >= 11 is 0. The Morgan fingerprint density at radius 1 is 1.19 bits per heavy atom. The fraction of sp³-hybridized carbons (Fsp3) is 0.846. The van der Waals surface area contributed by atoms with Crippen LogP contribution in [0.5, 0.6) is 0 Å². The van der Waals surface area contributed by atoms with E-state index in [1.54, 1.807) is 0 Å². The molecule has 0 aromatic carbocycles. The van der Waals surface area contributed by atoms with Crippen molar-refractivity contribution in [3.05, 3.63) is 0 Å². The van der Waals surface area contributed by atoms with Gasteiger partial charge >= 0.3 is 0 Å². The minimum absolute atomic E-state index is 0.221. The number of rotatable bonds is 4. The second-order valence-electron chi connectivity index (χ2n) is 5.12. The lowest BCUT2D eigenvalue weighted by atomic mass is 9.82. The van der Waals surface area contributed by atoms with Crippen molar-refractivity contribution in [3.8, 4) is 6.07 Å². The molecule has 2 aliphatic carbocycles. The fourth-order valence-corrected chi connectivity index (χ4v) is 2.77. The predicted octanol–water partition coefficient (Wildman–Crippen LogP) is 2.47. The van der Waals surface area contributed by atoms with Gasteiger partial charge in [-0.05, 0) is 31.6 Å². The van der Waals surface area contributed by atoms with E-state index in [0.717, 1.165) is 12.8 Å². The van der Waals surface area contributed by atoms with E-state index in [1.807, 2.05) is 4.90 Å². The average molecular weight is 220 g/mol. The van der Waals surface area contributed by atoms with Crippen LogP contribution >= 0.6 is 0 Å². The van der Waals surface area contributed by atoms with Crippen LogP contribution in [0.2, 0.25) is 0 Å². The zero-order valence-electron chi connectivity index (χ0n) is 9.82. The van der Waals surface area contributed by atoms with Crippen molar-refractivity contribution >= 4 is 5.91 Å². The number of hydrogen-bond donors (Lipinski definition) is 0. The van der Waals surface area contributed by atoms with E-state index in [1.165, 1.54) is 32.1 Å². The van der Waals surface area contributed by atoms with Gasteiger partial charge in [0.25, 0.3) is 0 Å². The van der Waals surface area contributed by atoms with Gasteiger partial charge in [0.1, 0.15) is 6.54 Å². The average Bonchev–Trinajstić information content (AvgIpc) is 2.72. The van der Waals surface area contributed by atoms with E-state index >= 15 is 0 Å². The quantitative estimate of drug-likeness (QED) is 0.683. The largest absolute Gasteiger partial charge is 0.326 e. The van der Waals surface area contributed by atoms with Gasteiger partial charge in [-0.1, -0.05) is 19.3 Å². The molecule has 88 valence electrons. The van der Waals surface area contributed by atoms with E-state index in [-0.39, 0.29) is 12.5 Å². The van der Waals surface area contributed by atoms with Crippen molar-refractivity contribution in [2.45, 2.75) is 57.4 Å². The van der Waals surface area contributed by atoms with Crippen molar-refractivity contribution in [1.82, 2.24) is 4.90 Å². The third-order valence-electron chi connectivity index (χ3n) is 4.01. The first-order chi connectivity index (χ1) is 7.81. The summed E-state index contributed by atoms with van der Waals surface area (Å²) in [6, 6.07) is 2.49. The number of hydrogen-bond acceptors (Lipinski definition) is 2. The van der Waals surface area contributed by atoms with Crippen LogP contribution in [0.15, 0.2) is 0 Å². The van der Waals surface area contributed by atoms with Gasteiger partial charge in [-0.15, -0.1) is 0 Å². The summed E-state index contributed by atoms with van der Waals surface area (Å²) in [4.78, 5) is 13.9. The molecule has 0 aromatic heterocycles. The molecule has 0 N–H and O–H groups in total. The number of carbonyl (C=O) groups is 1. The Hall–Kier alpha value is -1.04. The van der Waals surface area contributed by atoms with E-state index in [9.17, 15) is 4.79 Å². The molecule has 0 unspecified atom stereocenters. The molecule has 3 nitrogen and oxygen atoms in total. The Morgan fingerprint density at radius 2 is 1.88 bits per heavy atom. The molecule has 1 amide bonds. The lowest BCUT2D eigenvalue weighted by Crippen LogP contribution is -2.40. The molecule has 0 radical (unpaired) electrons. The SMILES string of the molecule is N#CCN(C(=O)CC1CCC1)C1CCCC1. The number of carbonyl (C=O) groups excluding carboxylic acids is 1. The van der Waals surface area contributed by atoms with Crippen LogP contribution < -0.4 is 0 Å². The first-order valence-electron chi connectivity index (χ1n) is 6.47. The molecule has 0 atom stereocenters. The van der Waals surface area contributed by atoms with Gasteiger partial charge in [-0.3, -0.25) is 4.79 Å². The molecular formula is C13H20N2O. The van der Waals surface area contributed by atoms with Crippen molar-refractivity contribution in [3.63, 3.8) is 0 Å². The molecule has 16 heavy (non-hydrogen) atoms. The van der Waals surface area contributed by atoms with Crippen molar-refractivity contribution in [1.29, 1.82) is 5.26 Å². The van der Waals surface area contributed by atoms with Gasteiger partial charge in [0.05, 0.1) is 6.07 Å². The predicted molar refractivity (Wildman–Crippen MR) is 61.5 cm³/mol. The third kappa shape index (κ3) is 2.55. The van der Waals surface area contributed by atoms with Crippen LogP contribution in [0.1, 0.15) is 51.4 Å². The van der Waals surface area contributed by atoms with Crippen LogP contribution in [-0.4, -0.2) is 23.4 Å². The van der Waals surface area contributed by atoms with E-state index in [4.69, 9.17) is 5.26 Å². The van der Waals surface area contributed by atoms with E-state index < -0.39 is 0 Å². The monoisotopic (exact) mass is 220 g/mol. The molecule has 0 heterocycles. The maximum absolute atomic E-state index is 12.1. The smallest absolute Gasteiger partial charge is 0.223 e. The Kier molecular flexibility index (Phi) is 3.82. The number of nitrogens with zero attached hydrogens (tertiary/aromatic N) is 2. The van der Waals surface area contributed by atoms with Crippen LogP contribution in [0.25, 0.3) is 0 Å². The molecule has 0 aliphatic heterocycles. The van der Waals surface area contributed by atoms with Crippen molar-refractivity contribution in [2.75, 3.05) is 6.54 Å². The third-order valence-corrected chi connectivity index (χ3v) is 4.01. The summed E-state index contributed by atoms with van der Waals surface area (Å²) < 4.78 is 0. The molecule has 2 saturated carbocycles. The highest BCUT2D eigenvalue weighted by atomic mass is 16.2. The van der Waals surface area contributed by atoms with Gasteiger partial charge in [0, 0.05) is 12.5 Å². The molecule has 2 rings (SSSR count). The lowest BCUT2D eigenvalue weighted by Gasteiger charge is -2.31. The first-order valence-corrected chi connectivity index (χ1v) is 6.47. The van der Waals surface area contributed by atoms with E-state index in [2.05, 4.69) is 6.07 Å². The summed E-state index contributed by atoms with van der Waals surface area (Å²) in [5, 5.41) is 8.81. The van der Waals surface area contributed by atoms with Crippen LogP contribution in [0.4, 0.5) is 0 Å². The summed E-state index contributed by atoms with van der Waals surface area (Å²) in [7, 11) is 0. The summed E-state index contributed by atoms with van der Waals surface area (Å²) in [6.07, 6.45) is 8.98. The Labute approximate surface area is 97.4 Å². The van der Waals surface area contributed by atoms with E-state index in [0.29, 0.717) is 18.4 Å². The molecule has 3 heteroatoms. The Morgan fingerprint density at radius 3 is 2.38 bits per heavy atom. The lowest BCUT2D eigenvalue weighted by molar-refractivity contribution is -0.134. The molecule has 0 saturated heterocycles.